The quantitative estimate of drug-likeness (QED) is 0.540. The second-order valence-electron chi connectivity index (χ2n) is 7.92. The van der Waals surface area contributed by atoms with Crippen LogP contribution in [0.25, 0.3) is 22.5 Å². The molecule has 156 valence electrons. The monoisotopic (exact) mass is 420 g/mol. The Bertz CT molecular complexity index is 1000. The summed E-state index contributed by atoms with van der Waals surface area (Å²) in [5, 5.41) is 12.0. The highest BCUT2D eigenvalue weighted by Gasteiger charge is 2.19. The van der Waals surface area contributed by atoms with Crippen molar-refractivity contribution in [1.29, 1.82) is 0 Å². The van der Waals surface area contributed by atoms with E-state index in [4.69, 9.17) is 4.98 Å². The largest absolute Gasteiger partial charge is 0.355 e. The predicted molar refractivity (Wildman–Crippen MR) is 123 cm³/mol. The van der Waals surface area contributed by atoms with E-state index >= 15 is 0 Å². The van der Waals surface area contributed by atoms with Gasteiger partial charge in [0, 0.05) is 17.7 Å². The van der Waals surface area contributed by atoms with Crippen LogP contribution in [0.2, 0.25) is 0 Å². The van der Waals surface area contributed by atoms with Gasteiger partial charge in [-0.3, -0.25) is 4.79 Å². The van der Waals surface area contributed by atoms with Gasteiger partial charge in [0.05, 0.1) is 5.25 Å². The Balaban J connectivity index is 1.93. The topological polar surface area (TPSA) is 67.8 Å². The summed E-state index contributed by atoms with van der Waals surface area (Å²) in [4.78, 5) is 17.2. The van der Waals surface area contributed by atoms with E-state index in [1.165, 1.54) is 22.9 Å². The van der Waals surface area contributed by atoms with E-state index in [-0.39, 0.29) is 11.2 Å². The van der Waals surface area contributed by atoms with Gasteiger partial charge in [-0.1, -0.05) is 85.3 Å². The van der Waals surface area contributed by atoms with Crippen molar-refractivity contribution < 1.29 is 4.79 Å². The maximum Gasteiger partial charge on any atom is 0.233 e. The molecule has 0 aliphatic rings. The first-order chi connectivity index (χ1) is 14.3. The van der Waals surface area contributed by atoms with Crippen LogP contribution in [0.5, 0.6) is 0 Å². The van der Waals surface area contributed by atoms with Gasteiger partial charge in [-0.05, 0) is 26.7 Å². The van der Waals surface area contributed by atoms with Crippen molar-refractivity contribution in [2.24, 2.45) is 5.92 Å². The number of nitrogens with zero attached hydrogens (tertiary/aromatic N) is 3. The van der Waals surface area contributed by atoms with Gasteiger partial charge in [-0.25, -0.2) is 4.98 Å². The van der Waals surface area contributed by atoms with Gasteiger partial charge in [0.1, 0.15) is 11.4 Å². The SMILES string of the molecule is Cc1ccc(-c2nnc(S[C@H](C)C(=O)NCC(C)C)nc2-c2ccc(C)cc2)cc1. The lowest BCUT2D eigenvalue weighted by Crippen LogP contribution is -2.33. The van der Waals surface area contributed by atoms with Crippen LogP contribution in [0.1, 0.15) is 31.9 Å². The summed E-state index contributed by atoms with van der Waals surface area (Å²) < 4.78 is 0. The highest BCUT2D eigenvalue weighted by atomic mass is 32.2. The number of hydrogen-bond donors (Lipinski definition) is 1. The molecule has 0 fully saturated rings. The molecule has 1 aromatic heterocycles. The van der Waals surface area contributed by atoms with Crippen LogP contribution >= 0.6 is 11.8 Å². The fourth-order valence-electron chi connectivity index (χ4n) is 2.84. The molecule has 0 saturated heterocycles. The lowest BCUT2D eigenvalue weighted by molar-refractivity contribution is -0.120. The van der Waals surface area contributed by atoms with E-state index < -0.39 is 0 Å². The number of benzene rings is 2. The fourth-order valence-corrected chi connectivity index (χ4v) is 3.58. The molecule has 0 unspecified atom stereocenters. The van der Waals surface area contributed by atoms with Crippen LogP contribution in [-0.2, 0) is 4.79 Å². The lowest BCUT2D eigenvalue weighted by atomic mass is 10.0. The Kier molecular flexibility index (Phi) is 7.21. The summed E-state index contributed by atoms with van der Waals surface area (Å²) in [6, 6.07) is 16.4. The van der Waals surface area contributed by atoms with Crippen molar-refractivity contribution in [3.05, 3.63) is 59.7 Å². The number of nitrogens with one attached hydrogen (secondary N) is 1. The molecule has 0 radical (unpaired) electrons. The fraction of sp³-hybridized carbons (Fsp3) is 0.333. The van der Waals surface area contributed by atoms with Crippen molar-refractivity contribution in [2.45, 2.75) is 45.0 Å². The third-order valence-electron chi connectivity index (χ3n) is 4.65. The summed E-state index contributed by atoms with van der Waals surface area (Å²) in [6.45, 7) is 10.8. The average molecular weight is 421 g/mol. The molecule has 1 atom stereocenters. The highest BCUT2D eigenvalue weighted by molar-refractivity contribution is 8.00. The molecule has 5 nitrogen and oxygen atoms in total. The molecular formula is C24H28N4OS. The van der Waals surface area contributed by atoms with Crippen LogP contribution < -0.4 is 5.32 Å². The van der Waals surface area contributed by atoms with Crippen molar-refractivity contribution in [2.75, 3.05) is 6.54 Å². The lowest BCUT2D eigenvalue weighted by Gasteiger charge is -2.14. The van der Waals surface area contributed by atoms with Gasteiger partial charge in [0.15, 0.2) is 0 Å². The molecule has 6 heteroatoms. The first kappa shape index (κ1) is 22.0. The zero-order valence-electron chi connectivity index (χ0n) is 18.1. The van der Waals surface area contributed by atoms with E-state index in [1.54, 1.807) is 0 Å². The Hall–Kier alpha value is -2.73. The van der Waals surface area contributed by atoms with Gasteiger partial charge in [-0.15, -0.1) is 10.2 Å². The summed E-state index contributed by atoms with van der Waals surface area (Å²) in [5.74, 6) is 0.391. The second kappa shape index (κ2) is 9.85. The summed E-state index contributed by atoms with van der Waals surface area (Å²) >= 11 is 1.32. The Morgan fingerprint density at radius 1 is 0.867 bits per heavy atom. The molecule has 1 amide bonds. The molecule has 0 saturated carbocycles. The minimum absolute atomic E-state index is 0.0169. The second-order valence-corrected chi connectivity index (χ2v) is 9.23. The summed E-state index contributed by atoms with van der Waals surface area (Å²) in [7, 11) is 0. The van der Waals surface area contributed by atoms with E-state index in [0.29, 0.717) is 17.6 Å². The number of amides is 1. The minimum Gasteiger partial charge on any atom is -0.355 e. The first-order valence-corrected chi connectivity index (χ1v) is 11.0. The molecule has 0 aliphatic heterocycles. The zero-order valence-corrected chi connectivity index (χ0v) is 19.0. The standard InChI is InChI=1S/C24H28N4OS/c1-15(2)14-25-23(29)18(5)30-24-26-21(19-10-6-16(3)7-11-19)22(27-28-24)20-12-8-17(4)9-13-20/h6-13,15,18H,14H2,1-5H3,(H,25,29)/t18-/m1/s1. The van der Waals surface area contributed by atoms with Crippen LogP contribution in [0.4, 0.5) is 0 Å². The Morgan fingerprint density at radius 2 is 1.40 bits per heavy atom. The van der Waals surface area contributed by atoms with E-state index in [2.05, 4.69) is 67.5 Å². The van der Waals surface area contributed by atoms with E-state index in [1.807, 2.05) is 31.2 Å². The number of carbonyl (C=O) groups is 1. The summed E-state index contributed by atoms with van der Waals surface area (Å²) in [6.07, 6.45) is 0. The van der Waals surface area contributed by atoms with Crippen LogP contribution in [0.3, 0.4) is 0 Å². The van der Waals surface area contributed by atoms with Crippen molar-refractivity contribution in [1.82, 2.24) is 20.5 Å². The number of aryl methyl sites for hydroxylation is 2. The third-order valence-corrected chi connectivity index (χ3v) is 5.60. The number of thioether (sulfide) groups is 1. The van der Waals surface area contributed by atoms with Gasteiger partial charge in [0.25, 0.3) is 0 Å². The van der Waals surface area contributed by atoms with Crippen molar-refractivity contribution >= 4 is 17.7 Å². The first-order valence-electron chi connectivity index (χ1n) is 10.2. The van der Waals surface area contributed by atoms with E-state index in [0.717, 1.165) is 22.5 Å². The molecule has 30 heavy (non-hydrogen) atoms. The number of carbonyl (C=O) groups excluding carboxylic acids is 1. The van der Waals surface area contributed by atoms with Gasteiger partial charge in [-0.2, -0.15) is 0 Å². The molecule has 0 aliphatic carbocycles. The third kappa shape index (κ3) is 5.66. The average Bonchev–Trinajstić information content (AvgIpc) is 2.73. The molecular weight excluding hydrogens is 392 g/mol. The van der Waals surface area contributed by atoms with Gasteiger partial charge >= 0.3 is 0 Å². The Morgan fingerprint density at radius 3 is 1.93 bits per heavy atom. The minimum atomic E-state index is -0.304. The van der Waals surface area contributed by atoms with Crippen LogP contribution in [-0.4, -0.2) is 32.9 Å². The maximum absolute atomic E-state index is 12.4. The Labute approximate surface area is 182 Å². The van der Waals surface area contributed by atoms with Gasteiger partial charge < -0.3 is 5.32 Å². The van der Waals surface area contributed by atoms with Crippen molar-refractivity contribution in [3.63, 3.8) is 0 Å². The molecule has 3 aromatic rings. The maximum atomic E-state index is 12.4. The van der Waals surface area contributed by atoms with E-state index in [9.17, 15) is 4.79 Å². The van der Waals surface area contributed by atoms with Crippen LogP contribution in [0, 0.1) is 19.8 Å². The number of rotatable bonds is 7. The molecule has 0 bridgehead atoms. The normalized spacial score (nSPS) is 12.1. The molecule has 2 aromatic carbocycles. The molecule has 3 rings (SSSR count). The molecule has 0 spiro atoms. The number of hydrogen-bond acceptors (Lipinski definition) is 5. The molecule has 1 heterocycles. The number of aromatic nitrogens is 3. The van der Waals surface area contributed by atoms with Crippen molar-refractivity contribution in [3.8, 4) is 22.5 Å². The highest BCUT2D eigenvalue weighted by Crippen LogP contribution is 2.31. The van der Waals surface area contributed by atoms with Crippen LogP contribution in [0.15, 0.2) is 53.7 Å². The predicted octanol–water partition coefficient (Wildman–Crippen LogP) is 5.08. The smallest absolute Gasteiger partial charge is 0.233 e. The van der Waals surface area contributed by atoms with Gasteiger partial charge in [0.2, 0.25) is 11.1 Å². The zero-order chi connectivity index (χ0) is 21.7. The molecule has 1 N–H and O–H groups in total. The summed E-state index contributed by atoms with van der Waals surface area (Å²) in [5.41, 5.74) is 5.82.